The van der Waals surface area contributed by atoms with Gasteiger partial charge in [0.25, 0.3) is 0 Å². The third-order valence-electron chi connectivity index (χ3n) is 0.652. The Morgan fingerprint density at radius 3 is 1.70 bits per heavy atom. The summed E-state index contributed by atoms with van der Waals surface area (Å²) in [6.07, 6.45) is 0. The lowest BCUT2D eigenvalue weighted by molar-refractivity contribution is -0.142. The van der Waals surface area contributed by atoms with Crippen molar-refractivity contribution in [1.82, 2.24) is 10.9 Å². The van der Waals surface area contributed by atoms with Crippen molar-refractivity contribution < 1.29 is 19.8 Å². The summed E-state index contributed by atoms with van der Waals surface area (Å²) in [6, 6.07) is 0. The van der Waals surface area contributed by atoms with Crippen molar-refractivity contribution in [3.05, 3.63) is 0 Å². The van der Waals surface area contributed by atoms with Crippen molar-refractivity contribution >= 4 is 11.9 Å². The first-order valence-electron chi connectivity index (χ1n) is 2.42. The molecule has 10 heavy (non-hydrogen) atoms. The van der Waals surface area contributed by atoms with E-state index < -0.39 is 25.0 Å². The van der Waals surface area contributed by atoms with Crippen LogP contribution in [0, 0.1) is 0 Å². The number of rotatable bonds is 4. The minimum Gasteiger partial charge on any atom is -0.480 e. The van der Waals surface area contributed by atoms with Crippen LogP contribution in [0.3, 0.4) is 0 Å². The maximum atomic E-state index is 9.84. The van der Waals surface area contributed by atoms with Crippen molar-refractivity contribution in [3.63, 3.8) is 0 Å². The Bertz CT molecular complexity index is 130. The van der Waals surface area contributed by atoms with Gasteiger partial charge in [-0.15, -0.1) is 0 Å². The molecule has 0 atom stereocenters. The van der Waals surface area contributed by atoms with E-state index in [4.69, 9.17) is 16.1 Å². The highest BCUT2D eigenvalue weighted by Gasteiger charge is 2.08. The molecule has 0 aromatic heterocycles. The number of carbonyl (C=O) groups is 2. The first-order valence-corrected chi connectivity index (χ1v) is 2.42. The summed E-state index contributed by atoms with van der Waals surface area (Å²) in [4.78, 5) is 19.7. The van der Waals surface area contributed by atoms with Crippen LogP contribution in [0.5, 0.6) is 0 Å². The highest BCUT2D eigenvalue weighted by Crippen LogP contribution is 1.78. The average Bonchev–Trinajstić information content (AvgIpc) is 1.58. The Labute approximate surface area is 56.8 Å². The summed E-state index contributed by atoms with van der Waals surface area (Å²) >= 11 is 0. The zero-order chi connectivity index (χ0) is 8.15. The molecule has 1 radical (unpaired) electrons. The van der Waals surface area contributed by atoms with Crippen LogP contribution in [-0.4, -0.2) is 40.3 Å². The molecule has 0 rings (SSSR count). The fraction of sp³-hybridized carbons (Fsp3) is 0.500. The van der Waals surface area contributed by atoms with Crippen LogP contribution >= 0.6 is 0 Å². The molecule has 0 bridgehead atoms. The molecule has 0 aliphatic heterocycles. The second kappa shape index (κ2) is 3.80. The molecule has 0 unspecified atom stereocenters. The van der Waals surface area contributed by atoms with Gasteiger partial charge in [-0.1, -0.05) is 0 Å². The first kappa shape index (κ1) is 8.86. The largest absolute Gasteiger partial charge is 0.480 e. The summed E-state index contributed by atoms with van der Waals surface area (Å²) in [5.41, 5.74) is 0. The molecule has 0 saturated carbocycles. The smallest absolute Gasteiger partial charge is 0.319 e. The van der Waals surface area contributed by atoms with E-state index in [1.54, 1.807) is 0 Å². The van der Waals surface area contributed by atoms with Gasteiger partial charge in [0.2, 0.25) is 0 Å². The molecule has 0 saturated heterocycles. The van der Waals surface area contributed by atoms with Crippen LogP contribution in [0.25, 0.3) is 0 Å². The number of aliphatic carboxylic acids is 2. The Kier molecular flexibility index (Phi) is 3.37. The van der Waals surface area contributed by atoms with Crippen LogP contribution in [0.2, 0.25) is 0 Å². The highest BCUT2D eigenvalue weighted by atomic mass is 16.4. The van der Waals surface area contributed by atoms with Crippen LogP contribution < -0.4 is 5.84 Å². The highest BCUT2D eigenvalue weighted by molar-refractivity contribution is 5.72. The average molecular weight is 147 g/mol. The van der Waals surface area contributed by atoms with Crippen molar-refractivity contribution in [1.29, 1.82) is 0 Å². The molecular formula is C4H7N2O4. The topological polar surface area (TPSA) is 102 Å². The number of carboxylic acids is 2. The fourth-order valence-corrected chi connectivity index (χ4v) is 0.382. The van der Waals surface area contributed by atoms with Gasteiger partial charge >= 0.3 is 11.9 Å². The van der Waals surface area contributed by atoms with Gasteiger partial charge in [0.05, 0.1) is 0 Å². The van der Waals surface area contributed by atoms with E-state index in [0.29, 0.717) is 5.01 Å². The standard InChI is InChI=1S/C4H7N2O4/c5-6(1-3(7)8)2-4(9)10/h5H,1-2H2,(H,7,8)(H,9,10). The zero-order valence-corrected chi connectivity index (χ0v) is 5.07. The van der Waals surface area contributed by atoms with E-state index in [-0.39, 0.29) is 0 Å². The van der Waals surface area contributed by atoms with Crippen molar-refractivity contribution in [2.75, 3.05) is 13.1 Å². The molecule has 3 N–H and O–H groups in total. The minimum atomic E-state index is -1.21. The number of nitrogens with one attached hydrogen (secondary N) is 1. The maximum Gasteiger partial charge on any atom is 0.319 e. The van der Waals surface area contributed by atoms with E-state index in [1.807, 2.05) is 0 Å². The predicted molar refractivity (Wildman–Crippen MR) is 29.9 cm³/mol. The van der Waals surface area contributed by atoms with Gasteiger partial charge in [-0.3, -0.25) is 9.59 Å². The molecule has 6 nitrogen and oxygen atoms in total. The second-order valence-corrected chi connectivity index (χ2v) is 1.64. The van der Waals surface area contributed by atoms with Gasteiger partial charge in [-0.05, 0) is 0 Å². The number of carboxylic acid groups (broad SMARTS) is 2. The Balaban J connectivity index is 3.53. The zero-order valence-electron chi connectivity index (χ0n) is 5.07. The lowest BCUT2D eigenvalue weighted by Gasteiger charge is -2.07. The van der Waals surface area contributed by atoms with Crippen molar-refractivity contribution in [3.8, 4) is 0 Å². The number of nitrogens with zero attached hydrogens (tertiary/aromatic N) is 1. The predicted octanol–water partition coefficient (Wildman–Crippen LogP) is -1.34. The summed E-state index contributed by atoms with van der Waals surface area (Å²) in [5.74, 6) is 4.28. The quantitative estimate of drug-likeness (QED) is 0.479. The molecule has 0 fully saturated rings. The van der Waals surface area contributed by atoms with E-state index in [2.05, 4.69) is 0 Å². The summed E-state index contributed by atoms with van der Waals surface area (Å²) in [5, 5.41) is 16.5. The second-order valence-electron chi connectivity index (χ2n) is 1.64. The molecule has 0 aliphatic carbocycles. The van der Waals surface area contributed by atoms with E-state index in [0.717, 1.165) is 0 Å². The molecule has 57 valence electrons. The van der Waals surface area contributed by atoms with Crippen LogP contribution in [0.1, 0.15) is 0 Å². The minimum absolute atomic E-state index is 0.449. The molecule has 0 aromatic rings. The monoisotopic (exact) mass is 147 g/mol. The normalized spacial score (nSPS) is 9.80. The lowest BCUT2D eigenvalue weighted by Crippen LogP contribution is -2.32. The Hall–Kier alpha value is -1.14. The van der Waals surface area contributed by atoms with Crippen LogP contribution in [0.15, 0.2) is 0 Å². The molecule has 0 spiro atoms. The maximum absolute atomic E-state index is 9.84. The summed E-state index contributed by atoms with van der Waals surface area (Å²) < 4.78 is 0. The van der Waals surface area contributed by atoms with Gasteiger partial charge in [0, 0.05) is 0 Å². The third-order valence-corrected chi connectivity index (χ3v) is 0.652. The molecule has 0 heterocycles. The SMILES string of the molecule is [NH]N(CC(=O)O)CC(=O)O. The molecular weight excluding hydrogens is 140 g/mol. The van der Waals surface area contributed by atoms with E-state index in [9.17, 15) is 9.59 Å². The summed E-state index contributed by atoms with van der Waals surface area (Å²) in [6.45, 7) is -1.15. The Morgan fingerprint density at radius 2 is 1.50 bits per heavy atom. The van der Waals surface area contributed by atoms with E-state index in [1.165, 1.54) is 0 Å². The van der Waals surface area contributed by atoms with Crippen molar-refractivity contribution in [2.45, 2.75) is 0 Å². The van der Waals surface area contributed by atoms with Crippen LogP contribution in [0.4, 0.5) is 0 Å². The summed E-state index contributed by atoms with van der Waals surface area (Å²) in [7, 11) is 0. The first-order chi connectivity index (χ1) is 4.52. The number of hydrogen-bond acceptors (Lipinski definition) is 3. The van der Waals surface area contributed by atoms with Gasteiger partial charge in [-0.25, -0.2) is 5.01 Å². The van der Waals surface area contributed by atoms with Gasteiger partial charge in [0.1, 0.15) is 13.1 Å². The Morgan fingerprint density at radius 1 is 1.20 bits per heavy atom. The molecule has 6 heteroatoms. The fourth-order valence-electron chi connectivity index (χ4n) is 0.382. The molecule has 0 aliphatic rings. The van der Waals surface area contributed by atoms with Crippen molar-refractivity contribution in [2.24, 2.45) is 0 Å². The van der Waals surface area contributed by atoms with Gasteiger partial charge < -0.3 is 10.2 Å². The molecule has 0 aromatic carbocycles. The van der Waals surface area contributed by atoms with E-state index >= 15 is 0 Å². The number of hydrogen-bond donors (Lipinski definition) is 2. The molecule has 0 amide bonds. The van der Waals surface area contributed by atoms with Gasteiger partial charge in [-0.2, -0.15) is 5.84 Å². The lowest BCUT2D eigenvalue weighted by atomic mass is 10.5. The van der Waals surface area contributed by atoms with Gasteiger partial charge in [0.15, 0.2) is 0 Å². The third kappa shape index (κ3) is 5.01. The van der Waals surface area contributed by atoms with Crippen LogP contribution in [-0.2, 0) is 9.59 Å².